The lowest BCUT2D eigenvalue weighted by molar-refractivity contribution is -0.143. The van der Waals surface area contributed by atoms with E-state index in [1.54, 1.807) is 6.08 Å². The van der Waals surface area contributed by atoms with Crippen molar-refractivity contribution in [1.82, 2.24) is 0 Å². The van der Waals surface area contributed by atoms with Gasteiger partial charge in [-0.15, -0.1) is 0 Å². The van der Waals surface area contributed by atoms with E-state index in [0.717, 1.165) is 19.3 Å². The van der Waals surface area contributed by atoms with Crippen LogP contribution in [0.5, 0.6) is 0 Å². The first kappa shape index (κ1) is 19.0. The topological polar surface area (TPSA) is 26.3 Å². The Morgan fingerprint density at radius 2 is 1.77 bits per heavy atom. The third-order valence-corrected chi connectivity index (χ3v) is 4.29. The number of carbonyl (C=O) groups is 1. The van der Waals surface area contributed by atoms with Gasteiger partial charge in [0, 0.05) is 6.08 Å². The Labute approximate surface area is 137 Å². The fraction of sp³-hybridized carbons (Fsp3) is 0.750. The zero-order valence-electron chi connectivity index (χ0n) is 14.4. The van der Waals surface area contributed by atoms with Gasteiger partial charge in [-0.25, -0.2) is 4.79 Å². The van der Waals surface area contributed by atoms with Crippen molar-refractivity contribution in [2.45, 2.75) is 96.5 Å². The van der Waals surface area contributed by atoms with Crippen molar-refractivity contribution in [3.63, 3.8) is 0 Å². The molecule has 0 aromatic rings. The van der Waals surface area contributed by atoms with E-state index in [1.165, 1.54) is 64.2 Å². The lowest BCUT2D eigenvalue weighted by Gasteiger charge is -2.17. The first-order chi connectivity index (χ1) is 10.8. The molecule has 0 aromatic heterocycles. The molecule has 0 amide bonds. The van der Waals surface area contributed by atoms with Gasteiger partial charge in [0.1, 0.15) is 6.10 Å². The van der Waals surface area contributed by atoms with Crippen LogP contribution in [-0.4, -0.2) is 12.1 Å². The molecule has 0 saturated heterocycles. The molecular formula is C20H34O2. The van der Waals surface area contributed by atoms with E-state index in [4.69, 9.17) is 4.74 Å². The maximum absolute atomic E-state index is 11.9. The van der Waals surface area contributed by atoms with E-state index in [2.05, 4.69) is 13.0 Å². The van der Waals surface area contributed by atoms with Crippen LogP contribution in [0.3, 0.4) is 0 Å². The van der Waals surface area contributed by atoms with Gasteiger partial charge in [-0.1, -0.05) is 70.1 Å². The van der Waals surface area contributed by atoms with Crippen LogP contribution in [0.2, 0.25) is 0 Å². The van der Waals surface area contributed by atoms with Gasteiger partial charge in [-0.3, -0.25) is 0 Å². The van der Waals surface area contributed by atoms with Crippen LogP contribution < -0.4 is 0 Å². The van der Waals surface area contributed by atoms with Crippen molar-refractivity contribution in [1.29, 1.82) is 0 Å². The molecule has 0 aliphatic carbocycles. The standard InChI is InChI=1S/C20H34O2/c1-2-3-4-10-13-16-19-17-14-11-8-6-5-7-9-12-15-18-20(21)22-19/h9,12,15,18-19H,2-8,10-11,13-14,16-17H2,1H3. The number of hydrogen-bond acceptors (Lipinski definition) is 2. The first-order valence-electron chi connectivity index (χ1n) is 9.36. The second kappa shape index (κ2) is 13.6. The Morgan fingerprint density at radius 3 is 2.64 bits per heavy atom. The van der Waals surface area contributed by atoms with E-state index in [0.29, 0.717) is 0 Å². The summed E-state index contributed by atoms with van der Waals surface area (Å²) in [6.45, 7) is 2.24. The van der Waals surface area contributed by atoms with Gasteiger partial charge in [0.2, 0.25) is 0 Å². The summed E-state index contributed by atoms with van der Waals surface area (Å²) in [5, 5.41) is 0. The minimum Gasteiger partial charge on any atom is -0.459 e. The van der Waals surface area contributed by atoms with Crippen LogP contribution in [0.4, 0.5) is 0 Å². The molecule has 0 aromatic carbocycles. The Kier molecular flexibility index (Phi) is 11.7. The van der Waals surface area contributed by atoms with Crippen molar-refractivity contribution < 1.29 is 9.53 Å². The maximum Gasteiger partial charge on any atom is 0.331 e. The van der Waals surface area contributed by atoms with E-state index in [9.17, 15) is 4.79 Å². The molecule has 1 unspecified atom stereocenters. The summed E-state index contributed by atoms with van der Waals surface area (Å²) in [5.74, 6) is -0.180. The fourth-order valence-electron chi connectivity index (χ4n) is 2.91. The summed E-state index contributed by atoms with van der Waals surface area (Å²) in [7, 11) is 0. The molecule has 1 aliphatic rings. The molecule has 0 spiro atoms. The number of esters is 1. The van der Waals surface area contributed by atoms with Gasteiger partial charge >= 0.3 is 5.97 Å². The number of carbonyl (C=O) groups excluding carboxylic acids is 1. The fourth-order valence-corrected chi connectivity index (χ4v) is 2.91. The Morgan fingerprint density at radius 1 is 1.00 bits per heavy atom. The third kappa shape index (κ3) is 10.6. The lowest BCUT2D eigenvalue weighted by Crippen LogP contribution is -2.17. The zero-order chi connectivity index (χ0) is 15.9. The highest BCUT2D eigenvalue weighted by atomic mass is 16.5. The molecule has 0 fully saturated rings. The molecular weight excluding hydrogens is 272 g/mol. The van der Waals surface area contributed by atoms with E-state index in [1.807, 2.05) is 12.2 Å². The smallest absolute Gasteiger partial charge is 0.331 e. The highest BCUT2D eigenvalue weighted by Crippen LogP contribution is 2.17. The second-order valence-corrected chi connectivity index (χ2v) is 6.39. The number of unbranched alkanes of at least 4 members (excludes halogenated alkanes) is 4. The average molecular weight is 306 g/mol. The minimum atomic E-state index is -0.180. The van der Waals surface area contributed by atoms with E-state index >= 15 is 0 Å². The second-order valence-electron chi connectivity index (χ2n) is 6.39. The van der Waals surface area contributed by atoms with Crippen LogP contribution in [0, 0.1) is 0 Å². The monoisotopic (exact) mass is 306 g/mol. The highest BCUT2D eigenvalue weighted by molar-refractivity contribution is 5.82. The van der Waals surface area contributed by atoms with Gasteiger partial charge in [0.15, 0.2) is 0 Å². The number of rotatable bonds is 6. The zero-order valence-corrected chi connectivity index (χ0v) is 14.4. The minimum absolute atomic E-state index is 0.116. The molecule has 0 bridgehead atoms. The van der Waals surface area contributed by atoms with Gasteiger partial charge in [0.05, 0.1) is 0 Å². The third-order valence-electron chi connectivity index (χ3n) is 4.29. The quantitative estimate of drug-likeness (QED) is 0.437. The number of cyclic esters (lactones) is 1. The van der Waals surface area contributed by atoms with Gasteiger partial charge in [-0.2, -0.15) is 0 Å². The molecule has 0 saturated carbocycles. The number of ether oxygens (including phenoxy) is 1. The van der Waals surface area contributed by atoms with Crippen molar-refractivity contribution in [3.8, 4) is 0 Å². The molecule has 0 N–H and O–H groups in total. The van der Waals surface area contributed by atoms with Gasteiger partial charge in [-0.05, 0) is 38.5 Å². The van der Waals surface area contributed by atoms with E-state index in [-0.39, 0.29) is 12.1 Å². The normalized spacial score (nSPS) is 21.3. The van der Waals surface area contributed by atoms with Crippen LogP contribution in [-0.2, 0) is 9.53 Å². The summed E-state index contributed by atoms with van der Waals surface area (Å²) in [5.41, 5.74) is 0. The van der Waals surface area contributed by atoms with Crippen LogP contribution in [0.25, 0.3) is 0 Å². The SMILES string of the molecule is CCCCCCCC1CCCCCCCC=CC=CC(=O)O1. The van der Waals surface area contributed by atoms with Gasteiger partial charge in [0.25, 0.3) is 0 Å². The number of hydrogen-bond donors (Lipinski definition) is 0. The molecule has 1 aliphatic heterocycles. The summed E-state index contributed by atoms with van der Waals surface area (Å²) >= 11 is 0. The molecule has 1 rings (SSSR count). The van der Waals surface area contributed by atoms with Crippen LogP contribution in [0.1, 0.15) is 90.4 Å². The lowest BCUT2D eigenvalue weighted by atomic mass is 10.0. The molecule has 1 atom stereocenters. The Hall–Kier alpha value is -1.05. The van der Waals surface area contributed by atoms with Crippen LogP contribution in [0.15, 0.2) is 24.3 Å². The number of allylic oxidation sites excluding steroid dienone is 3. The average Bonchev–Trinajstić information content (AvgIpc) is 2.51. The predicted molar refractivity (Wildman–Crippen MR) is 93.9 cm³/mol. The maximum atomic E-state index is 11.9. The molecule has 1 heterocycles. The van der Waals surface area contributed by atoms with Crippen molar-refractivity contribution in [3.05, 3.63) is 24.3 Å². The Balaban J connectivity index is 2.39. The first-order valence-corrected chi connectivity index (χ1v) is 9.36. The van der Waals surface area contributed by atoms with E-state index < -0.39 is 0 Å². The Bertz CT molecular complexity index is 331. The molecule has 126 valence electrons. The molecule has 0 radical (unpaired) electrons. The highest BCUT2D eigenvalue weighted by Gasteiger charge is 2.12. The largest absolute Gasteiger partial charge is 0.459 e. The predicted octanol–water partition coefficient (Wildman–Crippen LogP) is 6.12. The van der Waals surface area contributed by atoms with Gasteiger partial charge < -0.3 is 4.74 Å². The van der Waals surface area contributed by atoms with Crippen LogP contribution >= 0.6 is 0 Å². The van der Waals surface area contributed by atoms with Crippen molar-refractivity contribution in [2.24, 2.45) is 0 Å². The van der Waals surface area contributed by atoms with Crippen molar-refractivity contribution >= 4 is 5.97 Å². The molecule has 2 nitrogen and oxygen atoms in total. The molecule has 2 heteroatoms. The summed E-state index contributed by atoms with van der Waals surface area (Å²) in [6.07, 6.45) is 23.4. The summed E-state index contributed by atoms with van der Waals surface area (Å²) in [6, 6.07) is 0. The summed E-state index contributed by atoms with van der Waals surface area (Å²) in [4.78, 5) is 11.9. The molecule has 22 heavy (non-hydrogen) atoms. The summed E-state index contributed by atoms with van der Waals surface area (Å²) < 4.78 is 5.64. The van der Waals surface area contributed by atoms with Crippen molar-refractivity contribution in [2.75, 3.05) is 0 Å².